The van der Waals surface area contributed by atoms with E-state index < -0.39 is 0 Å². The maximum atomic E-state index is 5.94. The van der Waals surface area contributed by atoms with E-state index >= 15 is 0 Å². The van der Waals surface area contributed by atoms with Crippen LogP contribution in [0.25, 0.3) is 11.3 Å². The predicted octanol–water partition coefficient (Wildman–Crippen LogP) is 2.72. The predicted molar refractivity (Wildman–Crippen MR) is 71.8 cm³/mol. The van der Waals surface area contributed by atoms with Crippen molar-refractivity contribution in [3.8, 4) is 11.3 Å². The monoisotopic (exact) mass is 242 g/mol. The summed E-state index contributed by atoms with van der Waals surface area (Å²) >= 11 is 0. The van der Waals surface area contributed by atoms with Gasteiger partial charge in [0.1, 0.15) is 5.82 Å². The molecule has 1 saturated carbocycles. The molecule has 0 aromatic carbocycles. The van der Waals surface area contributed by atoms with Crippen LogP contribution < -0.4 is 5.73 Å². The lowest BCUT2D eigenvalue weighted by Crippen LogP contribution is -2.08. The maximum absolute atomic E-state index is 5.94. The maximum Gasteiger partial charge on any atom is 0.132 e. The van der Waals surface area contributed by atoms with E-state index in [9.17, 15) is 0 Å². The van der Waals surface area contributed by atoms with Gasteiger partial charge >= 0.3 is 0 Å². The molecule has 3 rings (SSSR count). The Kier molecular flexibility index (Phi) is 3.00. The number of nitrogens with zero attached hydrogens (tertiary/aromatic N) is 3. The Morgan fingerprint density at radius 2 is 2.17 bits per heavy atom. The average molecular weight is 242 g/mol. The summed E-state index contributed by atoms with van der Waals surface area (Å²) in [5.74, 6) is 1.36. The van der Waals surface area contributed by atoms with Crippen LogP contribution in [0.4, 0.5) is 5.82 Å². The molecule has 1 fully saturated rings. The minimum Gasteiger partial charge on any atom is -0.383 e. The lowest BCUT2D eigenvalue weighted by atomic mass is 10.1. The van der Waals surface area contributed by atoms with Crippen LogP contribution >= 0.6 is 0 Å². The Morgan fingerprint density at radius 1 is 1.33 bits per heavy atom. The van der Waals surface area contributed by atoms with Crippen molar-refractivity contribution in [2.45, 2.75) is 32.2 Å². The van der Waals surface area contributed by atoms with Crippen molar-refractivity contribution in [2.75, 3.05) is 5.73 Å². The fraction of sp³-hybridized carbons (Fsp3) is 0.429. The largest absolute Gasteiger partial charge is 0.383 e. The molecule has 0 bridgehead atoms. The third kappa shape index (κ3) is 2.10. The number of anilines is 1. The number of nitrogens with two attached hydrogens (primary N) is 1. The molecule has 0 saturated heterocycles. The summed E-state index contributed by atoms with van der Waals surface area (Å²) in [7, 11) is 0. The van der Waals surface area contributed by atoms with E-state index in [1.165, 1.54) is 25.7 Å². The van der Waals surface area contributed by atoms with Crippen LogP contribution in [-0.4, -0.2) is 14.5 Å². The summed E-state index contributed by atoms with van der Waals surface area (Å²) in [6.45, 7) is 1.05. The van der Waals surface area contributed by atoms with Gasteiger partial charge in [-0.25, -0.2) is 9.97 Å². The van der Waals surface area contributed by atoms with Gasteiger partial charge in [-0.1, -0.05) is 12.8 Å². The summed E-state index contributed by atoms with van der Waals surface area (Å²) in [6, 6.07) is 3.92. The van der Waals surface area contributed by atoms with Crippen LogP contribution in [0.15, 0.2) is 30.9 Å². The first kappa shape index (κ1) is 11.3. The minimum atomic E-state index is 0.575. The number of imidazole rings is 1. The molecule has 0 radical (unpaired) electrons. The molecule has 2 N–H and O–H groups in total. The Hall–Kier alpha value is -1.84. The standard InChI is InChI=1S/C14H18N4/c15-14-12(6-3-7-17-14)13-8-16-10-18(13)9-11-4-1-2-5-11/h3,6-8,10-11H,1-2,4-5,9H2,(H2,15,17). The van der Waals surface area contributed by atoms with Crippen molar-refractivity contribution in [3.05, 3.63) is 30.9 Å². The van der Waals surface area contributed by atoms with Crippen molar-refractivity contribution in [1.82, 2.24) is 14.5 Å². The molecule has 0 atom stereocenters. The molecular weight excluding hydrogens is 224 g/mol. The summed E-state index contributed by atoms with van der Waals surface area (Å²) in [5.41, 5.74) is 7.99. The van der Waals surface area contributed by atoms with Crippen LogP contribution in [0.5, 0.6) is 0 Å². The molecule has 0 unspecified atom stereocenters. The number of nitrogen functional groups attached to an aromatic ring is 1. The average Bonchev–Trinajstić information content (AvgIpc) is 3.02. The van der Waals surface area contributed by atoms with Gasteiger partial charge in [0.05, 0.1) is 18.2 Å². The van der Waals surface area contributed by atoms with Gasteiger partial charge in [-0.3, -0.25) is 0 Å². The zero-order chi connectivity index (χ0) is 12.4. The van der Waals surface area contributed by atoms with E-state index in [2.05, 4.69) is 14.5 Å². The molecule has 0 spiro atoms. The first-order chi connectivity index (χ1) is 8.84. The molecule has 0 amide bonds. The lowest BCUT2D eigenvalue weighted by Gasteiger charge is -2.13. The van der Waals surface area contributed by atoms with Gasteiger partial charge in [0.25, 0.3) is 0 Å². The number of pyridine rings is 1. The Labute approximate surface area is 107 Å². The van der Waals surface area contributed by atoms with Crippen LogP contribution in [0.1, 0.15) is 25.7 Å². The Morgan fingerprint density at radius 3 is 2.94 bits per heavy atom. The smallest absolute Gasteiger partial charge is 0.132 e. The van der Waals surface area contributed by atoms with Crippen LogP contribution in [0, 0.1) is 5.92 Å². The van der Waals surface area contributed by atoms with Crippen molar-refractivity contribution in [2.24, 2.45) is 5.92 Å². The summed E-state index contributed by atoms with van der Waals surface area (Å²) in [6.07, 6.45) is 10.9. The molecule has 4 heteroatoms. The Bertz CT molecular complexity index is 526. The van der Waals surface area contributed by atoms with Gasteiger partial charge in [0.15, 0.2) is 0 Å². The van der Waals surface area contributed by atoms with Crippen LogP contribution in [-0.2, 0) is 6.54 Å². The highest BCUT2D eigenvalue weighted by molar-refractivity contribution is 5.70. The molecular formula is C14H18N4. The first-order valence-corrected chi connectivity index (χ1v) is 6.55. The van der Waals surface area contributed by atoms with Gasteiger partial charge in [0, 0.05) is 18.3 Å². The summed E-state index contributed by atoms with van der Waals surface area (Å²) < 4.78 is 2.21. The van der Waals surface area contributed by atoms with Gasteiger partial charge < -0.3 is 10.3 Å². The SMILES string of the molecule is Nc1ncccc1-c1cncn1CC1CCCC1. The van der Waals surface area contributed by atoms with Gasteiger partial charge in [-0.15, -0.1) is 0 Å². The third-order valence-corrected chi connectivity index (χ3v) is 3.76. The fourth-order valence-corrected chi connectivity index (χ4v) is 2.80. The van der Waals surface area contributed by atoms with E-state index in [1.807, 2.05) is 24.7 Å². The van der Waals surface area contributed by atoms with E-state index in [-0.39, 0.29) is 0 Å². The molecule has 2 aromatic heterocycles. The van der Waals surface area contributed by atoms with Gasteiger partial charge in [0.2, 0.25) is 0 Å². The highest BCUT2D eigenvalue weighted by Gasteiger charge is 2.17. The second kappa shape index (κ2) is 4.80. The first-order valence-electron chi connectivity index (χ1n) is 6.55. The molecule has 4 nitrogen and oxygen atoms in total. The van der Waals surface area contributed by atoms with Crippen molar-refractivity contribution in [1.29, 1.82) is 0 Å². The highest BCUT2D eigenvalue weighted by Crippen LogP contribution is 2.29. The van der Waals surface area contributed by atoms with E-state index in [1.54, 1.807) is 6.20 Å². The number of hydrogen-bond acceptors (Lipinski definition) is 3. The molecule has 2 aromatic rings. The molecule has 1 aliphatic carbocycles. The number of rotatable bonds is 3. The summed E-state index contributed by atoms with van der Waals surface area (Å²) in [4.78, 5) is 8.41. The normalized spacial score (nSPS) is 16.2. The molecule has 0 aliphatic heterocycles. The van der Waals surface area contributed by atoms with E-state index in [0.29, 0.717) is 5.82 Å². The van der Waals surface area contributed by atoms with Gasteiger partial charge in [-0.2, -0.15) is 0 Å². The van der Waals surface area contributed by atoms with E-state index in [0.717, 1.165) is 23.7 Å². The van der Waals surface area contributed by atoms with Crippen molar-refractivity contribution >= 4 is 5.82 Å². The molecule has 2 heterocycles. The van der Waals surface area contributed by atoms with Crippen molar-refractivity contribution in [3.63, 3.8) is 0 Å². The molecule has 18 heavy (non-hydrogen) atoms. The topological polar surface area (TPSA) is 56.7 Å². The van der Waals surface area contributed by atoms with Gasteiger partial charge in [-0.05, 0) is 30.9 Å². The lowest BCUT2D eigenvalue weighted by molar-refractivity contribution is 0.459. The quantitative estimate of drug-likeness (QED) is 0.900. The highest BCUT2D eigenvalue weighted by atomic mass is 15.1. The van der Waals surface area contributed by atoms with E-state index in [4.69, 9.17) is 5.73 Å². The molecule has 94 valence electrons. The number of aromatic nitrogens is 3. The third-order valence-electron chi connectivity index (χ3n) is 3.76. The number of hydrogen-bond donors (Lipinski definition) is 1. The zero-order valence-corrected chi connectivity index (χ0v) is 10.4. The van der Waals surface area contributed by atoms with Crippen molar-refractivity contribution < 1.29 is 0 Å². The Balaban J connectivity index is 1.89. The second-order valence-corrected chi connectivity index (χ2v) is 5.02. The minimum absolute atomic E-state index is 0.575. The fourth-order valence-electron chi connectivity index (χ4n) is 2.80. The van der Waals surface area contributed by atoms with Crippen LogP contribution in [0.3, 0.4) is 0 Å². The zero-order valence-electron chi connectivity index (χ0n) is 10.4. The second-order valence-electron chi connectivity index (χ2n) is 5.02. The molecule has 1 aliphatic rings. The van der Waals surface area contributed by atoms with Crippen LogP contribution in [0.2, 0.25) is 0 Å². The summed E-state index contributed by atoms with van der Waals surface area (Å²) in [5, 5.41) is 0.